The van der Waals surface area contributed by atoms with Crippen LogP contribution < -0.4 is 5.32 Å². The van der Waals surface area contributed by atoms with Gasteiger partial charge in [0, 0.05) is 12.1 Å². The zero-order chi connectivity index (χ0) is 17.7. The zero-order valence-corrected chi connectivity index (χ0v) is 15.3. The summed E-state index contributed by atoms with van der Waals surface area (Å²) >= 11 is 0. The van der Waals surface area contributed by atoms with Gasteiger partial charge in [-0.05, 0) is 53.0 Å². The molecule has 1 amide bonds. The van der Waals surface area contributed by atoms with Gasteiger partial charge in [-0.25, -0.2) is 0 Å². The SMILES string of the molecule is C/C(=C/C(=O)Nc1c(C)nn(C(C)C)c1C)CCc1ccccc1. The van der Waals surface area contributed by atoms with E-state index in [2.05, 4.69) is 36.4 Å². The van der Waals surface area contributed by atoms with Gasteiger partial charge in [0.15, 0.2) is 0 Å². The first kappa shape index (κ1) is 18.0. The molecule has 128 valence electrons. The van der Waals surface area contributed by atoms with E-state index in [0.717, 1.165) is 35.5 Å². The Hall–Kier alpha value is -2.36. The summed E-state index contributed by atoms with van der Waals surface area (Å²) in [5.74, 6) is -0.0879. The fourth-order valence-corrected chi connectivity index (χ4v) is 2.79. The number of anilines is 1. The van der Waals surface area contributed by atoms with Crippen LogP contribution in [0.4, 0.5) is 5.69 Å². The Labute approximate surface area is 144 Å². The molecule has 2 rings (SSSR count). The lowest BCUT2D eigenvalue weighted by Crippen LogP contribution is -2.11. The van der Waals surface area contributed by atoms with Crippen molar-refractivity contribution in [2.24, 2.45) is 0 Å². The van der Waals surface area contributed by atoms with Gasteiger partial charge in [-0.3, -0.25) is 9.48 Å². The number of carbonyl (C=O) groups is 1. The summed E-state index contributed by atoms with van der Waals surface area (Å²) in [6.45, 7) is 10.1. The number of aryl methyl sites for hydroxylation is 2. The Morgan fingerprint density at radius 2 is 1.92 bits per heavy atom. The standard InChI is InChI=1S/C20H27N3O/c1-14(2)23-17(5)20(16(4)22-23)21-19(24)13-15(3)11-12-18-9-7-6-8-10-18/h6-10,13-14H,11-12H2,1-5H3,(H,21,24)/b15-13-. The first-order valence-electron chi connectivity index (χ1n) is 8.46. The molecule has 0 saturated heterocycles. The predicted molar refractivity (Wildman–Crippen MR) is 99.2 cm³/mol. The molecule has 4 nitrogen and oxygen atoms in total. The Morgan fingerprint density at radius 1 is 1.25 bits per heavy atom. The fraction of sp³-hybridized carbons (Fsp3) is 0.400. The number of hydrogen-bond acceptors (Lipinski definition) is 2. The Balaban J connectivity index is 1.99. The third-order valence-electron chi connectivity index (χ3n) is 4.09. The second kappa shape index (κ2) is 7.95. The number of aromatic nitrogens is 2. The van der Waals surface area contributed by atoms with Crippen LogP contribution in [-0.2, 0) is 11.2 Å². The molecule has 2 aromatic rings. The van der Waals surface area contributed by atoms with Crippen LogP contribution in [0.1, 0.15) is 50.2 Å². The highest BCUT2D eigenvalue weighted by molar-refractivity contribution is 6.00. The van der Waals surface area contributed by atoms with Crippen LogP contribution in [0.5, 0.6) is 0 Å². The minimum atomic E-state index is -0.0879. The maximum atomic E-state index is 12.3. The number of hydrogen-bond donors (Lipinski definition) is 1. The van der Waals surface area contributed by atoms with Crippen molar-refractivity contribution in [3.05, 3.63) is 58.9 Å². The van der Waals surface area contributed by atoms with E-state index in [4.69, 9.17) is 0 Å². The molecule has 4 heteroatoms. The van der Waals surface area contributed by atoms with Gasteiger partial charge in [0.05, 0.1) is 17.1 Å². The van der Waals surface area contributed by atoms with Gasteiger partial charge in [0.25, 0.3) is 0 Å². The smallest absolute Gasteiger partial charge is 0.248 e. The van der Waals surface area contributed by atoms with Crippen molar-refractivity contribution in [2.75, 3.05) is 5.32 Å². The van der Waals surface area contributed by atoms with Gasteiger partial charge in [0.2, 0.25) is 5.91 Å². The predicted octanol–water partition coefficient (Wildman–Crippen LogP) is 4.60. The topological polar surface area (TPSA) is 46.9 Å². The second-order valence-corrected chi connectivity index (χ2v) is 6.55. The van der Waals surface area contributed by atoms with Crippen LogP contribution in [0.25, 0.3) is 0 Å². The van der Waals surface area contributed by atoms with Gasteiger partial charge in [-0.1, -0.05) is 35.9 Å². The molecule has 0 radical (unpaired) electrons. The van der Waals surface area contributed by atoms with Crippen molar-refractivity contribution < 1.29 is 4.79 Å². The van der Waals surface area contributed by atoms with Gasteiger partial charge in [-0.2, -0.15) is 5.10 Å². The van der Waals surface area contributed by atoms with E-state index >= 15 is 0 Å². The molecule has 0 spiro atoms. The first-order chi connectivity index (χ1) is 11.4. The molecule has 0 unspecified atom stereocenters. The number of carbonyl (C=O) groups excluding carboxylic acids is 1. The minimum Gasteiger partial charge on any atom is -0.319 e. The minimum absolute atomic E-state index is 0.0879. The molecule has 0 aliphatic carbocycles. The van der Waals surface area contributed by atoms with Crippen LogP contribution >= 0.6 is 0 Å². The lowest BCUT2D eigenvalue weighted by atomic mass is 10.1. The molecule has 0 aliphatic rings. The van der Waals surface area contributed by atoms with Crippen molar-refractivity contribution >= 4 is 11.6 Å². The first-order valence-corrected chi connectivity index (χ1v) is 8.46. The monoisotopic (exact) mass is 325 g/mol. The van der Waals surface area contributed by atoms with Crippen molar-refractivity contribution in [2.45, 2.75) is 53.5 Å². The largest absolute Gasteiger partial charge is 0.319 e. The average Bonchev–Trinajstić information content (AvgIpc) is 2.82. The maximum Gasteiger partial charge on any atom is 0.248 e. The lowest BCUT2D eigenvalue weighted by Gasteiger charge is -2.09. The number of benzene rings is 1. The van der Waals surface area contributed by atoms with E-state index < -0.39 is 0 Å². The van der Waals surface area contributed by atoms with Crippen LogP contribution in [0.3, 0.4) is 0 Å². The van der Waals surface area contributed by atoms with E-state index in [0.29, 0.717) is 0 Å². The molecule has 1 aromatic carbocycles. The Bertz CT molecular complexity index is 727. The molecule has 24 heavy (non-hydrogen) atoms. The van der Waals surface area contributed by atoms with Crippen molar-refractivity contribution in [3.8, 4) is 0 Å². The number of allylic oxidation sites excluding steroid dienone is 1. The number of amides is 1. The normalized spacial score (nSPS) is 11.8. The van der Waals surface area contributed by atoms with E-state index in [9.17, 15) is 4.79 Å². The molecule has 1 aromatic heterocycles. The molecular weight excluding hydrogens is 298 g/mol. The third kappa shape index (κ3) is 4.57. The number of nitrogens with one attached hydrogen (secondary N) is 1. The Morgan fingerprint density at radius 3 is 2.50 bits per heavy atom. The van der Waals surface area contributed by atoms with Crippen LogP contribution in [0.2, 0.25) is 0 Å². The number of nitrogens with zero attached hydrogens (tertiary/aromatic N) is 2. The zero-order valence-electron chi connectivity index (χ0n) is 15.3. The Kier molecular flexibility index (Phi) is 5.96. The van der Waals surface area contributed by atoms with Crippen LogP contribution in [-0.4, -0.2) is 15.7 Å². The van der Waals surface area contributed by atoms with Gasteiger partial charge >= 0.3 is 0 Å². The summed E-state index contributed by atoms with van der Waals surface area (Å²) in [5.41, 5.74) is 5.02. The molecular formula is C20H27N3O. The van der Waals surface area contributed by atoms with Crippen molar-refractivity contribution in [1.29, 1.82) is 0 Å². The van der Waals surface area contributed by atoms with Crippen LogP contribution in [0.15, 0.2) is 42.0 Å². The molecule has 0 fully saturated rings. The quantitative estimate of drug-likeness (QED) is 0.789. The van der Waals surface area contributed by atoms with Gasteiger partial charge in [0.1, 0.15) is 0 Å². The highest BCUT2D eigenvalue weighted by Crippen LogP contribution is 2.22. The summed E-state index contributed by atoms with van der Waals surface area (Å²) < 4.78 is 1.94. The van der Waals surface area contributed by atoms with Gasteiger partial charge < -0.3 is 5.32 Å². The van der Waals surface area contributed by atoms with Gasteiger partial charge in [-0.15, -0.1) is 0 Å². The van der Waals surface area contributed by atoms with Crippen molar-refractivity contribution in [1.82, 2.24) is 9.78 Å². The van der Waals surface area contributed by atoms with E-state index in [1.54, 1.807) is 6.08 Å². The highest BCUT2D eigenvalue weighted by Gasteiger charge is 2.14. The summed E-state index contributed by atoms with van der Waals surface area (Å²) in [7, 11) is 0. The highest BCUT2D eigenvalue weighted by atomic mass is 16.1. The summed E-state index contributed by atoms with van der Waals surface area (Å²) in [6, 6.07) is 10.6. The summed E-state index contributed by atoms with van der Waals surface area (Å²) in [5, 5.41) is 7.48. The van der Waals surface area contributed by atoms with E-state index in [-0.39, 0.29) is 11.9 Å². The molecule has 0 bridgehead atoms. The fourth-order valence-electron chi connectivity index (χ4n) is 2.79. The van der Waals surface area contributed by atoms with E-state index in [1.165, 1.54) is 5.56 Å². The second-order valence-electron chi connectivity index (χ2n) is 6.55. The molecule has 1 heterocycles. The average molecular weight is 325 g/mol. The van der Waals surface area contributed by atoms with Crippen molar-refractivity contribution in [3.63, 3.8) is 0 Å². The summed E-state index contributed by atoms with van der Waals surface area (Å²) in [4.78, 5) is 12.3. The molecule has 0 saturated carbocycles. The van der Waals surface area contributed by atoms with E-state index in [1.807, 2.05) is 43.7 Å². The summed E-state index contributed by atoms with van der Waals surface area (Å²) in [6.07, 6.45) is 3.51. The maximum absolute atomic E-state index is 12.3. The number of rotatable bonds is 6. The molecule has 0 aliphatic heterocycles. The molecule has 0 atom stereocenters. The molecule has 1 N–H and O–H groups in total. The lowest BCUT2D eigenvalue weighted by molar-refractivity contribution is -0.112. The third-order valence-corrected chi connectivity index (χ3v) is 4.09. The van der Waals surface area contributed by atoms with Crippen LogP contribution in [0, 0.1) is 13.8 Å².